The zero-order valence-corrected chi connectivity index (χ0v) is 8.81. The molecule has 1 atom stereocenters. The van der Waals surface area contributed by atoms with Crippen LogP contribution in [0.15, 0.2) is 0 Å². The first-order valence-corrected chi connectivity index (χ1v) is 5.31. The summed E-state index contributed by atoms with van der Waals surface area (Å²) in [5, 5.41) is 2.95. The molecule has 1 aliphatic heterocycles. The van der Waals surface area contributed by atoms with Gasteiger partial charge >= 0.3 is 0 Å². The number of amides is 1. The smallest absolute Gasteiger partial charge is 0.217 e. The lowest BCUT2D eigenvalue weighted by atomic mass is 10.1. The molecule has 0 aromatic heterocycles. The quantitative estimate of drug-likeness (QED) is 0.691. The minimum Gasteiger partial charge on any atom is -0.352 e. The molecule has 0 saturated carbocycles. The van der Waals surface area contributed by atoms with Gasteiger partial charge in [0.2, 0.25) is 5.91 Å². The van der Waals surface area contributed by atoms with Crippen LogP contribution in [0.2, 0.25) is 0 Å². The van der Waals surface area contributed by atoms with Gasteiger partial charge in [0.25, 0.3) is 0 Å². The fraction of sp³-hybridized carbons (Fsp3) is 0.889. The van der Waals surface area contributed by atoms with Crippen molar-refractivity contribution in [1.29, 1.82) is 0 Å². The second-order valence-corrected chi connectivity index (χ2v) is 3.91. The van der Waals surface area contributed by atoms with Crippen molar-refractivity contribution in [3.63, 3.8) is 0 Å². The summed E-state index contributed by atoms with van der Waals surface area (Å²) in [6, 6.07) is 0.328. The highest BCUT2D eigenvalue weighted by Gasteiger charge is 2.19. The number of carbonyl (C=O) groups excluding carboxylic acids is 1. The predicted molar refractivity (Wildman–Crippen MR) is 54.0 cm³/mol. The molecule has 4 heteroatoms. The van der Waals surface area contributed by atoms with Crippen LogP contribution in [0.1, 0.15) is 19.8 Å². The average molecular weight is 205 g/mol. The van der Waals surface area contributed by atoms with E-state index in [1.54, 1.807) is 6.92 Å². The molecule has 1 unspecified atom stereocenters. The molecule has 0 spiro atoms. The van der Waals surface area contributed by atoms with E-state index in [0.717, 1.165) is 32.5 Å². The van der Waals surface area contributed by atoms with Gasteiger partial charge in [-0.1, -0.05) is 0 Å². The van der Waals surface area contributed by atoms with E-state index < -0.39 is 0 Å². The molecule has 3 nitrogen and oxygen atoms in total. The summed E-state index contributed by atoms with van der Waals surface area (Å²) in [7, 11) is 0. The Kier molecular flexibility index (Phi) is 4.53. The molecule has 1 heterocycles. The van der Waals surface area contributed by atoms with Crippen LogP contribution in [0.3, 0.4) is 0 Å². The van der Waals surface area contributed by atoms with Gasteiger partial charge in [-0.15, -0.1) is 11.6 Å². The summed E-state index contributed by atoms with van der Waals surface area (Å²) in [5.74, 6) is 0.741. The number of rotatable bonds is 3. The third kappa shape index (κ3) is 3.96. The number of halogens is 1. The van der Waals surface area contributed by atoms with Crippen LogP contribution in [-0.2, 0) is 4.79 Å². The Morgan fingerprint density at radius 2 is 2.46 bits per heavy atom. The van der Waals surface area contributed by atoms with Crippen molar-refractivity contribution < 1.29 is 4.79 Å². The third-order valence-electron chi connectivity index (χ3n) is 2.31. The average Bonchev–Trinajstić information content (AvgIpc) is 2.04. The van der Waals surface area contributed by atoms with Crippen LogP contribution in [0.4, 0.5) is 0 Å². The van der Waals surface area contributed by atoms with Crippen LogP contribution in [0.5, 0.6) is 0 Å². The zero-order chi connectivity index (χ0) is 9.68. The van der Waals surface area contributed by atoms with Gasteiger partial charge in [-0.3, -0.25) is 4.79 Å². The molecule has 1 aliphatic rings. The Morgan fingerprint density at radius 3 is 3.08 bits per heavy atom. The molecule has 1 rings (SSSR count). The lowest BCUT2D eigenvalue weighted by molar-refractivity contribution is -0.120. The Balaban J connectivity index is 2.28. The summed E-state index contributed by atoms with van der Waals surface area (Å²) < 4.78 is 0. The number of nitrogens with zero attached hydrogens (tertiary/aromatic N) is 1. The Labute approximate surface area is 84.4 Å². The van der Waals surface area contributed by atoms with Crippen LogP contribution < -0.4 is 5.32 Å². The largest absolute Gasteiger partial charge is 0.352 e. The second-order valence-electron chi connectivity index (χ2n) is 3.53. The molecule has 1 amide bonds. The molecule has 0 aromatic carbocycles. The van der Waals surface area contributed by atoms with E-state index in [2.05, 4.69) is 10.2 Å². The highest BCUT2D eigenvalue weighted by Crippen LogP contribution is 2.09. The maximum absolute atomic E-state index is 10.8. The molecule has 0 radical (unpaired) electrons. The van der Waals surface area contributed by atoms with Crippen molar-refractivity contribution in [3.8, 4) is 0 Å². The van der Waals surface area contributed by atoms with E-state index in [1.807, 2.05) is 0 Å². The number of hydrogen-bond donors (Lipinski definition) is 1. The van der Waals surface area contributed by atoms with E-state index in [1.165, 1.54) is 0 Å². The van der Waals surface area contributed by atoms with Gasteiger partial charge in [0.15, 0.2) is 0 Å². The molecule has 1 N–H and O–H groups in total. The maximum Gasteiger partial charge on any atom is 0.217 e. The summed E-state index contributed by atoms with van der Waals surface area (Å²) >= 11 is 5.66. The Bertz CT molecular complexity index is 173. The predicted octanol–water partition coefficient (Wildman–Crippen LogP) is 0.826. The first kappa shape index (κ1) is 10.8. The first-order chi connectivity index (χ1) is 6.22. The minimum absolute atomic E-state index is 0.0673. The highest BCUT2D eigenvalue weighted by molar-refractivity contribution is 6.18. The van der Waals surface area contributed by atoms with Gasteiger partial charge in [-0.25, -0.2) is 0 Å². The molecule has 13 heavy (non-hydrogen) atoms. The minimum atomic E-state index is 0.0673. The fourth-order valence-corrected chi connectivity index (χ4v) is 2.02. The van der Waals surface area contributed by atoms with Crippen LogP contribution in [-0.4, -0.2) is 42.4 Å². The first-order valence-electron chi connectivity index (χ1n) is 4.78. The number of piperidine rings is 1. The van der Waals surface area contributed by atoms with Crippen LogP contribution in [0, 0.1) is 0 Å². The summed E-state index contributed by atoms with van der Waals surface area (Å²) in [6.45, 7) is 4.56. The number of likely N-dealkylation sites (tertiary alicyclic amines) is 1. The van der Waals surface area contributed by atoms with Crippen LogP contribution in [0.25, 0.3) is 0 Å². The molecule has 1 saturated heterocycles. The van der Waals surface area contributed by atoms with E-state index >= 15 is 0 Å². The maximum atomic E-state index is 10.8. The van der Waals surface area contributed by atoms with Gasteiger partial charge in [0.05, 0.1) is 0 Å². The number of nitrogens with one attached hydrogen (secondary N) is 1. The Hall–Kier alpha value is -0.280. The lowest BCUT2D eigenvalue weighted by Gasteiger charge is -2.32. The number of carbonyl (C=O) groups is 1. The van der Waals surface area contributed by atoms with Crippen molar-refractivity contribution in [1.82, 2.24) is 10.2 Å². The molecule has 0 aromatic rings. The molecule has 1 fully saturated rings. The van der Waals surface area contributed by atoms with Crippen molar-refractivity contribution in [2.24, 2.45) is 0 Å². The Morgan fingerprint density at radius 1 is 1.69 bits per heavy atom. The van der Waals surface area contributed by atoms with Gasteiger partial charge in [0, 0.05) is 31.9 Å². The van der Waals surface area contributed by atoms with Gasteiger partial charge < -0.3 is 10.2 Å². The van der Waals surface area contributed by atoms with Crippen molar-refractivity contribution in [3.05, 3.63) is 0 Å². The van der Waals surface area contributed by atoms with Gasteiger partial charge in [-0.2, -0.15) is 0 Å². The van der Waals surface area contributed by atoms with Gasteiger partial charge in [0.1, 0.15) is 0 Å². The monoisotopic (exact) mass is 204 g/mol. The van der Waals surface area contributed by atoms with Crippen LogP contribution >= 0.6 is 11.6 Å². The zero-order valence-electron chi connectivity index (χ0n) is 8.05. The van der Waals surface area contributed by atoms with E-state index in [-0.39, 0.29) is 5.91 Å². The molecular weight excluding hydrogens is 188 g/mol. The topological polar surface area (TPSA) is 32.3 Å². The van der Waals surface area contributed by atoms with Crippen molar-refractivity contribution >= 4 is 17.5 Å². The van der Waals surface area contributed by atoms with Crippen molar-refractivity contribution in [2.45, 2.75) is 25.8 Å². The molecule has 0 aliphatic carbocycles. The normalized spacial score (nSPS) is 24.3. The standard InChI is InChI=1S/C9H17ClN2O/c1-8(13)11-9-3-2-5-12(7-9)6-4-10/h9H,2-7H2,1H3,(H,11,13). The summed E-state index contributed by atoms with van der Waals surface area (Å²) in [5.41, 5.74) is 0. The number of hydrogen-bond acceptors (Lipinski definition) is 2. The fourth-order valence-electron chi connectivity index (χ4n) is 1.78. The second kappa shape index (κ2) is 5.45. The summed E-state index contributed by atoms with van der Waals surface area (Å²) in [4.78, 5) is 13.1. The molecule has 0 bridgehead atoms. The van der Waals surface area contributed by atoms with Crippen molar-refractivity contribution in [2.75, 3.05) is 25.5 Å². The third-order valence-corrected chi connectivity index (χ3v) is 2.48. The van der Waals surface area contributed by atoms with E-state index in [9.17, 15) is 4.79 Å². The SMILES string of the molecule is CC(=O)NC1CCCN(CCCl)C1. The summed E-state index contributed by atoms with van der Waals surface area (Å²) in [6.07, 6.45) is 2.25. The highest BCUT2D eigenvalue weighted by atomic mass is 35.5. The molecule has 76 valence electrons. The van der Waals surface area contributed by atoms with E-state index in [4.69, 9.17) is 11.6 Å². The van der Waals surface area contributed by atoms with Gasteiger partial charge in [-0.05, 0) is 19.4 Å². The van der Waals surface area contributed by atoms with E-state index in [0.29, 0.717) is 11.9 Å². The number of alkyl halides is 1. The lowest BCUT2D eigenvalue weighted by Crippen LogP contribution is -2.47. The molecular formula is C9H17ClN2O.